The third-order valence-corrected chi connectivity index (χ3v) is 3.59. The fourth-order valence-corrected chi connectivity index (χ4v) is 2.17. The van der Waals surface area contributed by atoms with Crippen LogP contribution >= 0.6 is 34.8 Å². The molecule has 1 N–H and O–H groups in total. The number of rotatable bonds is 3. The molecule has 0 amide bonds. The van der Waals surface area contributed by atoms with Gasteiger partial charge in [0.15, 0.2) is 5.15 Å². The molecule has 1 heterocycles. The highest BCUT2D eigenvalue weighted by Gasteiger charge is 2.05. The van der Waals surface area contributed by atoms with E-state index in [1.807, 2.05) is 25.1 Å². The number of halogens is 3. The van der Waals surface area contributed by atoms with E-state index in [1.54, 1.807) is 12.3 Å². The van der Waals surface area contributed by atoms with E-state index in [9.17, 15) is 0 Å². The minimum Gasteiger partial charge on any atom is -0.378 e. The van der Waals surface area contributed by atoms with Gasteiger partial charge in [-0.1, -0.05) is 40.9 Å². The molecule has 2 nitrogen and oxygen atoms in total. The first-order chi connectivity index (χ1) is 8.58. The molecule has 94 valence electrons. The largest absolute Gasteiger partial charge is 0.378 e. The summed E-state index contributed by atoms with van der Waals surface area (Å²) in [4.78, 5) is 4.04. The van der Waals surface area contributed by atoms with Gasteiger partial charge in [-0.15, -0.1) is 0 Å². The van der Waals surface area contributed by atoms with Gasteiger partial charge >= 0.3 is 0 Å². The third kappa shape index (κ3) is 3.08. The molecule has 2 rings (SSSR count). The maximum atomic E-state index is 6.03. The summed E-state index contributed by atoms with van der Waals surface area (Å²) in [7, 11) is 0. The molecule has 0 radical (unpaired) electrons. The molecule has 0 atom stereocenters. The molecular formula is C13H11Cl3N2. The second-order valence-corrected chi connectivity index (χ2v) is 5.07. The Labute approximate surface area is 121 Å². The predicted octanol–water partition coefficient (Wildman–Crippen LogP) is 4.96. The summed E-state index contributed by atoms with van der Waals surface area (Å²) in [5.74, 6) is 0. The zero-order valence-electron chi connectivity index (χ0n) is 9.67. The summed E-state index contributed by atoms with van der Waals surface area (Å²) in [5, 5.41) is 4.81. The van der Waals surface area contributed by atoms with Crippen LogP contribution in [0.2, 0.25) is 15.2 Å². The Morgan fingerprint density at radius 1 is 1.11 bits per heavy atom. The Balaban J connectivity index is 2.14. The number of benzene rings is 1. The summed E-state index contributed by atoms with van der Waals surface area (Å²) in [5.41, 5.74) is 2.92. The van der Waals surface area contributed by atoms with E-state index < -0.39 is 0 Å². The van der Waals surface area contributed by atoms with E-state index in [2.05, 4.69) is 10.3 Å². The van der Waals surface area contributed by atoms with E-state index in [1.165, 1.54) is 0 Å². The number of aryl methyl sites for hydroxylation is 1. The Kier molecular flexibility index (Phi) is 4.33. The van der Waals surface area contributed by atoms with E-state index >= 15 is 0 Å². The van der Waals surface area contributed by atoms with E-state index in [0.29, 0.717) is 21.7 Å². The van der Waals surface area contributed by atoms with Gasteiger partial charge < -0.3 is 5.32 Å². The van der Waals surface area contributed by atoms with Crippen molar-refractivity contribution in [1.82, 2.24) is 4.98 Å². The van der Waals surface area contributed by atoms with Gasteiger partial charge in [-0.05, 0) is 36.2 Å². The molecule has 0 saturated carbocycles. The topological polar surface area (TPSA) is 24.9 Å². The van der Waals surface area contributed by atoms with E-state index in [-0.39, 0.29) is 0 Å². The molecule has 5 heteroatoms. The van der Waals surface area contributed by atoms with Crippen molar-refractivity contribution in [3.05, 3.63) is 56.8 Å². The van der Waals surface area contributed by atoms with Gasteiger partial charge in [0.25, 0.3) is 0 Å². The standard InChI is InChI=1S/C13H11Cl3N2/c1-8-4-5-17-13(16)12(8)18-7-9-2-3-10(14)11(15)6-9/h2-6,18H,7H2,1H3. The lowest BCUT2D eigenvalue weighted by Gasteiger charge is -2.11. The van der Waals surface area contributed by atoms with E-state index in [4.69, 9.17) is 34.8 Å². The number of anilines is 1. The maximum absolute atomic E-state index is 6.03. The van der Waals surface area contributed by atoms with Crippen molar-refractivity contribution in [3.8, 4) is 0 Å². The molecule has 2 aromatic rings. The minimum atomic E-state index is 0.468. The first-order valence-electron chi connectivity index (χ1n) is 5.37. The average Bonchev–Trinajstić information content (AvgIpc) is 2.33. The van der Waals surface area contributed by atoms with E-state index in [0.717, 1.165) is 16.8 Å². The van der Waals surface area contributed by atoms with Crippen molar-refractivity contribution in [1.29, 1.82) is 0 Å². The number of hydrogen-bond donors (Lipinski definition) is 1. The van der Waals surface area contributed by atoms with Crippen LogP contribution in [0, 0.1) is 6.92 Å². The molecule has 0 aliphatic rings. The lowest BCUT2D eigenvalue weighted by molar-refractivity contribution is 1.12. The van der Waals surface area contributed by atoms with Gasteiger partial charge in [-0.25, -0.2) is 4.98 Å². The van der Waals surface area contributed by atoms with Gasteiger partial charge in [0.1, 0.15) is 0 Å². The fraction of sp³-hybridized carbons (Fsp3) is 0.154. The molecule has 0 spiro atoms. The van der Waals surface area contributed by atoms with Gasteiger partial charge in [0.2, 0.25) is 0 Å². The van der Waals surface area contributed by atoms with Crippen LogP contribution < -0.4 is 5.32 Å². The van der Waals surface area contributed by atoms with Crippen LogP contribution in [-0.4, -0.2) is 4.98 Å². The lowest BCUT2D eigenvalue weighted by Crippen LogP contribution is -2.02. The number of nitrogens with one attached hydrogen (secondary N) is 1. The van der Waals surface area contributed by atoms with Gasteiger partial charge in [0, 0.05) is 12.7 Å². The molecule has 0 aliphatic carbocycles. The normalized spacial score (nSPS) is 10.4. The highest BCUT2D eigenvalue weighted by atomic mass is 35.5. The molecule has 18 heavy (non-hydrogen) atoms. The van der Waals surface area contributed by atoms with Crippen LogP contribution in [-0.2, 0) is 6.54 Å². The highest BCUT2D eigenvalue weighted by molar-refractivity contribution is 6.42. The van der Waals surface area contributed by atoms with Crippen LogP contribution in [0.15, 0.2) is 30.5 Å². The fourth-order valence-electron chi connectivity index (χ4n) is 1.58. The number of pyridine rings is 1. The molecular weight excluding hydrogens is 291 g/mol. The van der Waals surface area contributed by atoms with Crippen molar-refractivity contribution in [3.63, 3.8) is 0 Å². The second-order valence-electron chi connectivity index (χ2n) is 3.90. The van der Waals surface area contributed by atoms with Crippen molar-refractivity contribution in [2.24, 2.45) is 0 Å². The van der Waals surface area contributed by atoms with Crippen molar-refractivity contribution >= 4 is 40.5 Å². The quantitative estimate of drug-likeness (QED) is 0.810. The zero-order chi connectivity index (χ0) is 13.1. The van der Waals surface area contributed by atoms with Crippen LogP contribution in [0.5, 0.6) is 0 Å². The third-order valence-electron chi connectivity index (χ3n) is 2.57. The van der Waals surface area contributed by atoms with Gasteiger partial charge in [-0.2, -0.15) is 0 Å². The molecule has 1 aromatic heterocycles. The Morgan fingerprint density at radius 2 is 1.89 bits per heavy atom. The zero-order valence-corrected chi connectivity index (χ0v) is 11.9. The summed E-state index contributed by atoms with van der Waals surface area (Å²) < 4.78 is 0. The van der Waals surface area contributed by atoms with Crippen LogP contribution in [0.3, 0.4) is 0 Å². The van der Waals surface area contributed by atoms with Gasteiger partial charge in [-0.3, -0.25) is 0 Å². The summed E-state index contributed by atoms with van der Waals surface area (Å²) in [6, 6.07) is 7.43. The Morgan fingerprint density at radius 3 is 2.56 bits per heavy atom. The van der Waals surface area contributed by atoms with Crippen molar-refractivity contribution < 1.29 is 0 Å². The number of hydrogen-bond acceptors (Lipinski definition) is 2. The summed E-state index contributed by atoms with van der Waals surface area (Å²) >= 11 is 17.9. The number of aromatic nitrogens is 1. The molecule has 0 bridgehead atoms. The SMILES string of the molecule is Cc1ccnc(Cl)c1NCc1ccc(Cl)c(Cl)c1. The summed E-state index contributed by atoms with van der Waals surface area (Å²) in [6.07, 6.45) is 1.68. The van der Waals surface area contributed by atoms with Crippen LogP contribution in [0.4, 0.5) is 5.69 Å². The molecule has 1 aromatic carbocycles. The lowest BCUT2D eigenvalue weighted by atomic mass is 10.2. The predicted molar refractivity (Wildman–Crippen MR) is 77.8 cm³/mol. The smallest absolute Gasteiger partial charge is 0.152 e. The Bertz CT molecular complexity index is 550. The number of nitrogens with zero attached hydrogens (tertiary/aromatic N) is 1. The first kappa shape index (κ1) is 13.5. The average molecular weight is 302 g/mol. The molecule has 0 saturated heterocycles. The highest BCUT2D eigenvalue weighted by Crippen LogP contribution is 2.25. The second kappa shape index (κ2) is 5.79. The Hall–Kier alpha value is -0.960. The molecule has 0 fully saturated rings. The van der Waals surface area contributed by atoms with Crippen molar-refractivity contribution in [2.45, 2.75) is 13.5 Å². The monoisotopic (exact) mass is 300 g/mol. The minimum absolute atomic E-state index is 0.468. The molecule has 0 aliphatic heterocycles. The van der Waals surface area contributed by atoms with Gasteiger partial charge in [0.05, 0.1) is 15.7 Å². The first-order valence-corrected chi connectivity index (χ1v) is 6.50. The molecule has 0 unspecified atom stereocenters. The van der Waals surface area contributed by atoms with Crippen LogP contribution in [0.1, 0.15) is 11.1 Å². The van der Waals surface area contributed by atoms with Crippen molar-refractivity contribution in [2.75, 3.05) is 5.32 Å². The maximum Gasteiger partial charge on any atom is 0.152 e. The summed E-state index contributed by atoms with van der Waals surface area (Å²) in [6.45, 7) is 2.59. The van der Waals surface area contributed by atoms with Crippen LogP contribution in [0.25, 0.3) is 0 Å².